The zero-order valence-corrected chi connectivity index (χ0v) is 15.0. The Morgan fingerprint density at radius 1 is 1.20 bits per heavy atom. The monoisotopic (exact) mass is 359 g/mol. The standard InChI is InChI=1S/C19H25N3O2S/c23-17(18-7-4-12-25-18)13-20-19(24)21-16-8-10-22(11-9-16)14-15-5-2-1-3-6-15/h1-7,12,16-17,23H,8-11,13-14H2,(H2,20,21,24)/t17-/m0/s1. The van der Waals surface area contributed by atoms with Crippen LogP contribution in [0.5, 0.6) is 0 Å². The molecule has 1 aromatic heterocycles. The van der Waals surface area contributed by atoms with Gasteiger partial charge in [-0.1, -0.05) is 36.4 Å². The Morgan fingerprint density at radius 2 is 1.96 bits per heavy atom. The molecular weight excluding hydrogens is 334 g/mol. The van der Waals surface area contributed by atoms with Gasteiger partial charge in [0.25, 0.3) is 0 Å². The van der Waals surface area contributed by atoms with E-state index < -0.39 is 6.10 Å². The maximum Gasteiger partial charge on any atom is 0.315 e. The van der Waals surface area contributed by atoms with Crippen LogP contribution in [0.4, 0.5) is 4.79 Å². The predicted octanol–water partition coefficient (Wildman–Crippen LogP) is 2.75. The van der Waals surface area contributed by atoms with Crippen LogP contribution in [-0.2, 0) is 6.54 Å². The van der Waals surface area contributed by atoms with E-state index in [-0.39, 0.29) is 18.6 Å². The third-order valence-corrected chi connectivity index (χ3v) is 5.47. The fraction of sp³-hybridized carbons (Fsp3) is 0.421. The lowest BCUT2D eigenvalue weighted by molar-refractivity contribution is 0.169. The number of amides is 2. The summed E-state index contributed by atoms with van der Waals surface area (Å²) in [5.74, 6) is 0. The summed E-state index contributed by atoms with van der Waals surface area (Å²) in [6.45, 7) is 3.17. The summed E-state index contributed by atoms with van der Waals surface area (Å²) in [4.78, 5) is 15.3. The van der Waals surface area contributed by atoms with Crippen LogP contribution in [0.3, 0.4) is 0 Å². The molecule has 3 rings (SSSR count). The fourth-order valence-corrected chi connectivity index (χ4v) is 3.80. The van der Waals surface area contributed by atoms with Gasteiger partial charge in [-0.15, -0.1) is 11.3 Å². The van der Waals surface area contributed by atoms with Crippen LogP contribution in [0.2, 0.25) is 0 Å². The Kier molecular flexibility index (Phi) is 6.44. The first-order valence-electron chi connectivity index (χ1n) is 8.73. The van der Waals surface area contributed by atoms with Crippen molar-refractivity contribution in [2.75, 3.05) is 19.6 Å². The molecule has 0 spiro atoms. The number of nitrogens with zero attached hydrogens (tertiary/aromatic N) is 1. The Labute approximate surface area is 152 Å². The predicted molar refractivity (Wildman–Crippen MR) is 101 cm³/mol. The van der Waals surface area contributed by atoms with Crippen LogP contribution in [0.15, 0.2) is 47.8 Å². The SMILES string of the molecule is O=C(NC[C@H](O)c1cccs1)NC1CCN(Cc2ccccc2)CC1. The Hall–Kier alpha value is -1.89. The van der Waals surface area contributed by atoms with E-state index in [0.29, 0.717) is 0 Å². The zero-order chi connectivity index (χ0) is 17.5. The number of carbonyl (C=O) groups is 1. The zero-order valence-electron chi connectivity index (χ0n) is 14.2. The topological polar surface area (TPSA) is 64.6 Å². The van der Waals surface area contributed by atoms with Crippen LogP contribution in [0.1, 0.15) is 29.4 Å². The van der Waals surface area contributed by atoms with E-state index >= 15 is 0 Å². The van der Waals surface area contributed by atoms with Crippen molar-refractivity contribution < 1.29 is 9.90 Å². The highest BCUT2D eigenvalue weighted by atomic mass is 32.1. The van der Waals surface area contributed by atoms with Gasteiger partial charge in [-0.05, 0) is 29.9 Å². The normalized spacial score (nSPS) is 17.2. The van der Waals surface area contributed by atoms with Gasteiger partial charge in [-0.3, -0.25) is 4.90 Å². The summed E-state index contributed by atoms with van der Waals surface area (Å²) in [5, 5.41) is 17.7. The first-order valence-corrected chi connectivity index (χ1v) is 9.61. The molecule has 0 radical (unpaired) electrons. The van der Waals surface area contributed by atoms with Gasteiger partial charge in [-0.2, -0.15) is 0 Å². The molecule has 134 valence electrons. The Bertz CT molecular complexity index is 640. The molecule has 2 amide bonds. The molecule has 1 aromatic carbocycles. The van der Waals surface area contributed by atoms with E-state index in [9.17, 15) is 9.90 Å². The molecular formula is C19H25N3O2S. The number of aliphatic hydroxyl groups excluding tert-OH is 1. The first-order chi connectivity index (χ1) is 12.2. The van der Waals surface area contributed by atoms with Gasteiger partial charge in [-0.25, -0.2) is 4.79 Å². The largest absolute Gasteiger partial charge is 0.386 e. The molecule has 1 aliphatic rings. The molecule has 6 heteroatoms. The van der Waals surface area contributed by atoms with Crippen LogP contribution >= 0.6 is 11.3 Å². The number of benzene rings is 1. The van der Waals surface area contributed by atoms with E-state index in [2.05, 4.69) is 39.8 Å². The molecule has 0 unspecified atom stereocenters. The number of nitrogens with one attached hydrogen (secondary N) is 2. The average Bonchev–Trinajstić information content (AvgIpc) is 3.17. The minimum atomic E-state index is -0.640. The van der Waals surface area contributed by atoms with Crippen LogP contribution in [0, 0.1) is 0 Å². The maximum absolute atomic E-state index is 12.0. The fourth-order valence-electron chi connectivity index (χ4n) is 3.08. The van der Waals surface area contributed by atoms with E-state index in [1.807, 2.05) is 23.6 Å². The van der Waals surface area contributed by atoms with Crippen LogP contribution < -0.4 is 10.6 Å². The van der Waals surface area contributed by atoms with Crippen molar-refractivity contribution in [1.29, 1.82) is 0 Å². The summed E-state index contributed by atoms with van der Waals surface area (Å²) in [6, 6.07) is 14.2. The number of thiophene rings is 1. The van der Waals surface area contributed by atoms with Crippen molar-refractivity contribution in [3.05, 3.63) is 58.3 Å². The second-order valence-electron chi connectivity index (χ2n) is 6.42. The number of hydrogen-bond donors (Lipinski definition) is 3. The van der Waals surface area contributed by atoms with E-state index in [1.165, 1.54) is 16.9 Å². The molecule has 25 heavy (non-hydrogen) atoms. The molecule has 3 N–H and O–H groups in total. The number of carbonyl (C=O) groups excluding carboxylic acids is 1. The van der Waals surface area contributed by atoms with Crippen LogP contribution in [0.25, 0.3) is 0 Å². The summed E-state index contributed by atoms with van der Waals surface area (Å²) < 4.78 is 0. The molecule has 2 heterocycles. The molecule has 2 aromatic rings. The number of hydrogen-bond acceptors (Lipinski definition) is 4. The van der Waals surface area contributed by atoms with Gasteiger partial charge in [0.1, 0.15) is 6.10 Å². The Morgan fingerprint density at radius 3 is 2.64 bits per heavy atom. The summed E-state index contributed by atoms with van der Waals surface area (Å²) in [5.41, 5.74) is 1.33. The van der Waals surface area contributed by atoms with Gasteiger partial charge in [0.05, 0.1) is 6.54 Å². The molecule has 1 fully saturated rings. The second kappa shape index (κ2) is 8.99. The van der Waals surface area contributed by atoms with Gasteiger partial charge < -0.3 is 15.7 Å². The Balaban J connectivity index is 1.35. The molecule has 0 bridgehead atoms. The quantitative estimate of drug-likeness (QED) is 0.743. The van der Waals surface area contributed by atoms with Gasteiger partial charge in [0.2, 0.25) is 0 Å². The van der Waals surface area contributed by atoms with Crippen LogP contribution in [-0.4, -0.2) is 41.7 Å². The highest BCUT2D eigenvalue weighted by Gasteiger charge is 2.21. The molecule has 0 saturated carbocycles. The lowest BCUT2D eigenvalue weighted by Crippen LogP contribution is -2.48. The van der Waals surface area contributed by atoms with E-state index in [1.54, 1.807) is 0 Å². The number of piperidine rings is 1. The highest BCUT2D eigenvalue weighted by molar-refractivity contribution is 7.10. The molecule has 1 aliphatic heterocycles. The lowest BCUT2D eigenvalue weighted by atomic mass is 10.0. The van der Waals surface area contributed by atoms with Crippen molar-refractivity contribution >= 4 is 17.4 Å². The van der Waals surface area contributed by atoms with Crippen molar-refractivity contribution in [3.8, 4) is 0 Å². The summed E-state index contributed by atoms with van der Waals surface area (Å²) in [7, 11) is 0. The first kappa shape index (κ1) is 17.9. The smallest absolute Gasteiger partial charge is 0.315 e. The third-order valence-electron chi connectivity index (χ3n) is 4.50. The minimum Gasteiger partial charge on any atom is -0.386 e. The number of rotatable bonds is 6. The maximum atomic E-state index is 12.0. The van der Waals surface area contributed by atoms with Gasteiger partial charge in [0.15, 0.2) is 0 Å². The van der Waals surface area contributed by atoms with E-state index in [4.69, 9.17) is 0 Å². The average molecular weight is 359 g/mol. The highest BCUT2D eigenvalue weighted by Crippen LogP contribution is 2.18. The number of likely N-dealkylation sites (tertiary alicyclic amines) is 1. The van der Waals surface area contributed by atoms with Crippen molar-refractivity contribution in [2.45, 2.75) is 31.5 Å². The van der Waals surface area contributed by atoms with E-state index in [0.717, 1.165) is 37.4 Å². The molecule has 0 aliphatic carbocycles. The summed E-state index contributed by atoms with van der Waals surface area (Å²) in [6.07, 6.45) is 1.26. The van der Waals surface area contributed by atoms with Gasteiger partial charge >= 0.3 is 6.03 Å². The van der Waals surface area contributed by atoms with Crippen molar-refractivity contribution in [2.24, 2.45) is 0 Å². The minimum absolute atomic E-state index is 0.197. The number of aliphatic hydroxyl groups is 1. The molecule has 1 saturated heterocycles. The molecule has 1 atom stereocenters. The van der Waals surface area contributed by atoms with Gasteiger partial charge in [0, 0.05) is 30.6 Å². The van der Waals surface area contributed by atoms with Crippen molar-refractivity contribution in [3.63, 3.8) is 0 Å². The lowest BCUT2D eigenvalue weighted by Gasteiger charge is -2.32. The number of urea groups is 1. The second-order valence-corrected chi connectivity index (χ2v) is 7.40. The summed E-state index contributed by atoms with van der Waals surface area (Å²) >= 11 is 1.49. The third kappa shape index (κ3) is 5.56. The van der Waals surface area contributed by atoms with Crippen molar-refractivity contribution in [1.82, 2.24) is 15.5 Å². The molecule has 5 nitrogen and oxygen atoms in total.